The molecule has 1 atom stereocenters. The maximum atomic E-state index is 3.98. The topological polar surface area (TPSA) is 12.0 Å². The maximum absolute atomic E-state index is 3.98. The molecule has 0 aromatic heterocycles. The van der Waals surface area contributed by atoms with Gasteiger partial charge in [0.05, 0.1) is 0 Å². The monoisotopic (exact) mass is 153 g/mol. The molecular weight excluding hydrogens is 134 g/mol. The highest BCUT2D eigenvalue weighted by atomic mass is 14.9. The molecule has 11 heavy (non-hydrogen) atoms. The zero-order valence-electron chi connectivity index (χ0n) is 7.91. The Labute approximate surface area is 70.2 Å². The van der Waals surface area contributed by atoms with Gasteiger partial charge in [-0.1, -0.05) is 27.0 Å². The van der Waals surface area contributed by atoms with Crippen LogP contribution in [0.4, 0.5) is 0 Å². The summed E-state index contributed by atoms with van der Waals surface area (Å²) in [5.41, 5.74) is 2.12. The summed E-state index contributed by atoms with van der Waals surface area (Å²) in [5, 5.41) is 3.17. The molecule has 1 nitrogen and oxygen atoms in total. The first-order valence-electron chi connectivity index (χ1n) is 4.25. The van der Waals surface area contributed by atoms with Crippen molar-refractivity contribution in [3.8, 4) is 0 Å². The second-order valence-corrected chi connectivity index (χ2v) is 2.84. The van der Waals surface area contributed by atoms with Gasteiger partial charge in [0.15, 0.2) is 0 Å². The van der Waals surface area contributed by atoms with Gasteiger partial charge in [0.2, 0.25) is 0 Å². The Bertz CT molecular complexity index is 147. The SMILES string of the molecule is C=C(NCC)C(=C)C(C)CC. The van der Waals surface area contributed by atoms with E-state index in [1.807, 2.05) is 0 Å². The van der Waals surface area contributed by atoms with Crippen LogP contribution in [0.1, 0.15) is 27.2 Å². The highest BCUT2D eigenvalue weighted by Crippen LogP contribution is 2.16. The van der Waals surface area contributed by atoms with Crippen molar-refractivity contribution < 1.29 is 0 Å². The highest BCUT2D eigenvalue weighted by molar-refractivity contribution is 5.25. The number of allylic oxidation sites excluding steroid dienone is 1. The Morgan fingerprint density at radius 2 is 1.91 bits per heavy atom. The summed E-state index contributed by atoms with van der Waals surface area (Å²) in [4.78, 5) is 0. The molecule has 0 fully saturated rings. The van der Waals surface area contributed by atoms with Crippen molar-refractivity contribution in [1.29, 1.82) is 0 Å². The molecule has 0 heterocycles. The average Bonchev–Trinajstić information content (AvgIpc) is 2.02. The summed E-state index contributed by atoms with van der Waals surface area (Å²) in [5.74, 6) is 0.543. The minimum Gasteiger partial charge on any atom is -0.386 e. The minimum absolute atomic E-state index is 0.543. The van der Waals surface area contributed by atoms with Crippen LogP contribution < -0.4 is 5.32 Å². The largest absolute Gasteiger partial charge is 0.386 e. The lowest BCUT2D eigenvalue weighted by atomic mass is 9.98. The van der Waals surface area contributed by atoms with Crippen LogP contribution >= 0.6 is 0 Å². The third-order valence-corrected chi connectivity index (χ3v) is 1.99. The van der Waals surface area contributed by atoms with E-state index in [1.54, 1.807) is 0 Å². The number of rotatable bonds is 5. The molecule has 1 N–H and O–H groups in total. The zero-order chi connectivity index (χ0) is 8.85. The molecule has 0 saturated heterocycles. The molecule has 1 heteroatoms. The number of hydrogen-bond donors (Lipinski definition) is 1. The van der Waals surface area contributed by atoms with Gasteiger partial charge in [-0.25, -0.2) is 0 Å². The van der Waals surface area contributed by atoms with Crippen molar-refractivity contribution in [2.45, 2.75) is 27.2 Å². The van der Waals surface area contributed by atoms with Crippen molar-refractivity contribution in [2.75, 3.05) is 6.54 Å². The summed E-state index contributed by atoms with van der Waals surface area (Å²) in [7, 11) is 0. The van der Waals surface area contributed by atoms with E-state index in [-0.39, 0.29) is 0 Å². The number of hydrogen-bond acceptors (Lipinski definition) is 1. The first-order chi connectivity index (χ1) is 5.13. The summed E-state index contributed by atoms with van der Waals surface area (Å²) in [6, 6.07) is 0. The van der Waals surface area contributed by atoms with Crippen LogP contribution in [0, 0.1) is 5.92 Å². The predicted molar refractivity (Wildman–Crippen MR) is 51.4 cm³/mol. The normalized spacial score (nSPS) is 12.3. The van der Waals surface area contributed by atoms with Crippen molar-refractivity contribution in [1.82, 2.24) is 5.32 Å². The Hall–Kier alpha value is -0.720. The van der Waals surface area contributed by atoms with Gasteiger partial charge in [-0.3, -0.25) is 0 Å². The fourth-order valence-corrected chi connectivity index (χ4v) is 0.871. The lowest BCUT2D eigenvalue weighted by molar-refractivity contribution is 0.648. The van der Waals surface area contributed by atoms with E-state index in [2.05, 4.69) is 39.2 Å². The fraction of sp³-hybridized carbons (Fsp3) is 0.600. The Morgan fingerprint density at radius 1 is 1.36 bits per heavy atom. The smallest absolute Gasteiger partial charge is 0.0296 e. The quantitative estimate of drug-likeness (QED) is 0.599. The van der Waals surface area contributed by atoms with E-state index in [1.165, 1.54) is 0 Å². The molecule has 0 radical (unpaired) electrons. The van der Waals surface area contributed by atoms with Crippen molar-refractivity contribution in [2.24, 2.45) is 5.92 Å². The number of nitrogens with one attached hydrogen (secondary N) is 1. The third-order valence-electron chi connectivity index (χ3n) is 1.99. The standard InChI is InChI=1S/C10H19N/c1-6-8(3)9(4)10(5)11-7-2/h8,11H,4-7H2,1-3H3. The molecule has 0 aromatic carbocycles. The van der Waals surface area contributed by atoms with Gasteiger partial charge in [0.1, 0.15) is 0 Å². The van der Waals surface area contributed by atoms with Gasteiger partial charge in [-0.2, -0.15) is 0 Å². The van der Waals surface area contributed by atoms with Crippen LogP contribution in [-0.4, -0.2) is 6.54 Å². The van der Waals surface area contributed by atoms with Crippen LogP contribution in [-0.2, 0) is 0 Å². The van der Waals surface area contributed by atoms with Gasteiger partial charge in [-0.15, -0.1) is 0 Å². The van der Waals surface area contributed by atoms with Gasteiger partial charge in [0.25, 0.3) is 0 Å². The first kappa shape index (κ1) is 10.3. The lowest BCUT2D eigenvalue weighted by Crippen LogP contribution is -2.15. The van der Waals surface area contributed by atoms with E-state index in [0.29, 0.717) is 5.92 Å². The molecule has 0 bridgehead atoms. The number of likely N-dealkylation sites (N-methyl/N-ethyl adjacent to an activating group) is 1. The Balaban J connectivity index is 3.92. The summed E-state index contributed by atoms with van der Waals surface area (Å²) in [6.07, 6.45) is 1.13. The molecule has 1 unspecified atom stereocenters. The fourth-order valence-electron chi connectivity index (χ4n) is 0.871. The molecule has 0 rings (SSSR count). The lowest BCUT2D eigenvalue weighted by Gasteiger charge is -2.15. The van der Waals surface area contributed by atoms with Crippen molar-refractivity contribution in [3.63, 3.8) is 0 Å². The van der Waals surface area contributed by atoms with Gasteiger partial charge < -0.3 is 5.32 Å². The molecule has 0 aliphatic rings. The molecule has 64 valence electrons. The van der Waals surface area contributed by atoms with Gasteiger partial charge >= 0.3 is 0 Å². The molecule has 0 aromatic rings. The predicted octanol–water partition coefficient (Wildman–Crippen LogP) is 2.71. The zero-order valence-corrected chi connectivity index (χ0v) is 7.91. The third kappa shape index (κ3) is 3.26. The van der Waals surface area contributed by atoms with Gasteiger partial charge in [-0.05, 0) is 24.8 Å². The molecule has 0 aliphatic heterocycles. The van der Waals surface area contributed by atoms with Crippen LogP contribution in [0.3, 0.4) is 0 Å². The molecular formula is C10H19N. The summed E-state index contributed by atoms with van der Waals surface area (Å²) in [6.45, 7) is 15.2. The summed E-state index contributed by atoms with van der Waals surface area (Å²) >= 11 is 0. The van der Waals surface area contributed by atoms with E-state index in [9.17, 15) is 0 Å². The molecule has 0 aliphatic carbocycles. The minimum atomic E-state index is 0.543. The van der Waals surface area contributed by atoms with Crippen molar-refractivity contribution in [3.05, 3.63) is 24.4 Å². The van der Waals surface area contributed by atoms with Gasteiger partial charge in [0, 0.05) is 12.2 Å². The average molecular weight is 153 g/mol. The summed E-state index contributed by atoms with van der Waals surface area (Å²) < 4.78 is 0. The van der Waals surface area contributed by atoms with Crippen LogP contribution in [0.2, 0.25) is 0 Å². The van der Waals surface area contributed by atoms with Crippen LogP contribution in [0.15, 0.2) is 24.4 Å². The Kier molecular flexibility index (Phi) is 4.67. The van der Waals surface area contributed by atoms with E-state index in [0.717, 1.165) is 24.2 Å². The molecule has 0 amide bonds. The van der Waals surface area contributed by atoms with Crippen LogP contribution in [0.5, 0.6) is 0 Å². The second-order valence-electron chi connectivity index (χ2n) is 2.84. The second kappa shape index (κ2) is 5.00. The highest BCUT2D eigenvalue weighted by Gasteiger charge is 2.05. The van der Waals surface area contributed by atoms with E-state index < -0.39 is 0 Å². The van der Waals surface area contributed by atoms with Crippen molar-refractivity contribution >= 4 is 0 Å². The maximum Gasteiger partial charge on any atom is 0.0296 e. The molecule has 0 spiro atoms. The van der Waals surface area contributed by atoms with E-state index >= 15 is 0 Å². The van der Waals surface area contributed by atoms with E-state index in [4.69, 9.17) is 0 Å². The molecule has 0 saturated carbocycles. The first-order valence-corrected chi connectivity index (χ1v) is 4.25. The van der Waals surface area contributed by atoms with Crippen LogP contribution in [0.25, 0.3) is 0 Å². The Morgan fingerprint density at radius 3 is 2.27 bits per heavy atom.